The molecular formula is C22H25N3O3. The molecule has 2 bridgehead atoms. The van der Waals surface area contributed by atoms with Gasteiger partial charge in [-0.25, -0.2) is 4.98 Å². The Labute approximate surface area is 164 Å². The number of fused-ring (bicyclic) bond motifs is 3. The van der Waals surface area contributed by atoms with Crippen LogP contribution >= 0.6 is 0 Å². The molecule has 0 spiro atoms. The van der Waals surface area contributed by atoms with Crippen molar-refractivity contribution in [3.8, 4) is 0 Å². The average Bonchev–Trinajstić information content (AvgIpc) is 3.35. The van der Waals surface area contributed by atoms with Crippen LogP contribution in [0.1, 0.15) is 18.0 Å². The van der Waals surface area contributed by atoms with Crippen LogP contribution < -0.4 is 5.32 Å². The summed E-state index contributed by atoms with van der Waals surface area (Å²) in [5.74, 6) is 0. The van der Waals surface area contributed by atoms with Crippen LogP contribution in [0, 0.1) is 0 Å². The number of aliphatic hydroxyl groups excluding tert-OH is 1. The van der Waals surface area contributed by atoms with Gasteiger partial charge in [-0.3, -0.25) is 0 Å². The van der Waals surface area contributed by atoms with Gasteiger partial charge >= 0.3 is 0 Å². The molecule has 5 rings (SSSR count). The Morgan fingerprint density at radius 3 is 2.82 bits per heavy atom. The minimum Gasteiger partial charge on any atom is -0.389 e. The summed E-state index contributed by atoms with van der Waals surface area (Å²) >= 11 is 0. The van der Waals surface area contributed by atoms with Crippen molar-refractivity contribution < 1.29 is 14.6 Å². The number of hydrogen-bond acceptors (Lipinski definition) is 5. The fraction of sp³-hybridized carbons (Fsp3) is 0.409. The van der Waals surface area contributed by atoms with Gasteiger partial charge in [0.15, 0.2) is 6.29 Å². The van der Waals surface area contributed by atoms with Gasteiger partial charge in [-0.2, -0.15) is 0 Å². The van der Waals surface area contributed by atoms with Gasteiger partial charge in [0.1, 0.15) is 12.1 Å². The molecule has 5 atom stereocenters. The van der Waals surface area contributed by atoms with Crippen molar-refractivity contribution in [3.05, 3.63) is 66.5 Å². The summed E-state index contributed by atoms with van der Waals surface area (Å²) in [6.07, 6.45) is 2.61. The Kier molecular flexibility index (Phi) is 4.86. The molecule has 3 aromatic rings. The third-order valence-electron chi connectivity index (χ3n) is 5.80. The molecule has 0 saturated carbocycles. The van der Waals surface area contributed by atoms with Gasteiger partial charge < -0.3 is 24.5 Å². The molecule has 3 heterocycles. The Balaban J connectivity index is 1.29. The molecule has 0 radical (unpaired) electrons. The van der Waals surface area contributed by atoms with Crippen molar-refractivity contribution in [2.75, 3.05) is 13.2 Å². The zero-order chi connectivity index (χ0) is 18.9. The number of aryl methyl sites for hydroxylation is 1. The minimum atomic E-state index is -0.611. The van der Waals surface area contributed by atoms with Crippen LogP contribution in [0.2, 0.25) is 0 Å². The normalized spacial score (nSPS) is 29.4. The number of aliphatic hydroxyl groups is 1. The number of nitrogens with zero attached hydrogens (tertiary/aromatic N) is 2. The van der Waals surface area contributed by atoms with E-state index in [2.05, 4.69) is 34.6 Å². The number of aromatic nitrogens is 2. The van der Waals surface area contributed by atoms with Gasteiger partial charge in [0, 0.05) is 0 Å². The third kappa shape index (κ3) is 3.22. The molecule has 2 saturated heterocycles. The monoisotopic (exact) mass is 379 g/mol. The van der Waals surface area contributed by atoms with E-state index in [9.17, 15) is 5.11 Å². The molecule has 2 N–H and O–H groups in total. The van der Waals surface area contributed by atoms with E-state index in [1.54, 1.807) is 6.33 Å². The SMILES string of the molecule is O[C@H]1[C@H](NCCCc2ccccc2)[C@H]2CO[C@H](O2)[C@@H]1n1cnc2ccccc21. The molecule has 6 nitrogen and oxygen atoms in total. The molecule has 6 heteroatoms. The van der Waals surface area contributed by atoms with Gasteiger partial charge in [0.25, 0.3) is 0 Å². The highest BCUT2D eigenvalue weighted by atomic mass is 16.7. The lowest BCUT2D eigenvalue weighted by Gasteiger charge is -2.39. The fourth-order valence-corrected chi connectivity index (χ4v) is 4.37. The molecule has 2 aromatic carbocycles. The van der Waals surface area contributed by atoms with Crippen molar-refractivity contribution >= 4 is 11.0 Å². The quantitative estimate of drug-likeness (QED) is 0.643. The van der Waals surface area contributed by atoms with Gasteiger partial charge in [-0.1, -0.05) is 42.5 Å². The Bertz CT molecular complexity index is 929. The molecule has 146 valence electrons. The van der Waals surface area contributed by atoms with E-state index in [1.807, 2.05) is 34.9 Å². The number of nitrogens with one attached hydrogen (secondary N) is 1. The maximum Gasteiger partial charge on any atom is 0.181 e. The predicted octanol–water partition coefficient (Wildman–Crippen LogP) is 2.28. The van der Waals surface area contributed by atoms with Gasteiger partial charge in [-0.05, 0) is 37.1 Å². The second kappa shape index (κ2) is 7.64. The number of imidazole rings is 1. The van der Waals surface area contributed by atoms with E-state index in [0.29, 0.717) is 6.61 Å². The van der Waals surface area contributed by atoms with Gasteiger partial charge in [0.05, 0.1) is 36.1 Å². The zero-order valence-corrected chi connectivity index (χ0v) is 15.6. The summed E-state index contributed by atoms with van der Waals surface area (Å²) in [7, 11) is 0. The summed E-state index contributed by atoms with van der Waals surface area (Å²) in [6, 6.07) is 17.9. The molecule has 0 aliphatic carbocycles. The van der Waals surface area contributed by atoms with Crippen LogP contribution in [-0.2, 0) is 15.9 Å². The lowest BCUT2D eigenvalue weighted by molar-refractivity contribution is -0.164. The second-order valence-corrected chi connectivity index (χ2v) is 7.57. The van der Waals surface area contributed by atoms with E-state index in [4.69, 9.17) is 9.47 Å². The van der Waals surface area contributed by atoms with Crippen LogP contribution in [0.25, 0.3) is 11.0 Å². The molecule has 2 aliphatic heterocycles. The summed E-state index contributed by atoms with van der Waals surface area (Å²) < 4.78 is 13.9. The summed E-state index contributed by atoms with van der Waals surface area (Å²) in [6.45, 7) is 1.32. The smallest absolute Gasteiger partial charge is 0.181 e. The third-order valence-corrected chi connectivity index (χ3v) is 5.80. The molecular weight excluding hydrogens is 354 g/mol. The fourth-order valence-electron chi connectivity index (χ4n) is 4.37. The minimum absolute atomic E-state index is 0.122. The van der Waals surface area contributed by atoms with E-state index in [0.717, 1.165) is 30.4 Å². The number of benzene rings is 2. The van der Waals surface area contributed by atoms with Crippen molar-refractivity contribution in [2.45, 2.75) is 43.4 Å². The van der Waals surface area contributed by atoms with Crippen LogP contribution in [0.15, 0.2) is 60.9 Å². The number of rotatable bonds is 6. The molecule has 0 amide bonds. The van der Waals surface area contributed by atoms with Crippen LogP contribution in [0.5, 0.6) is 0 Å². The van der Waals surface area contributed by atoms with E-state index >= 15 is 0 Å². The highest BCUT2D eigenvalue weighted by molar-refractivity contribution is 5.75. The zero-order valence-electron chi connectivity index (χ0n) is 15.6. The highest BCUT2D eigenvalue weighted by Crippen LogP contribution is 2.37. The van der Waals surface area contributed by atoms with Crippen molar-refractivity contribution in [1.82, 2.24) is 14.9 Å². The Hall–Kier alpha value is -2.25. The number of ether oxygens (including phenoxy) is 2. The first-order valence-electron chi connectivity index (χ1n) is 9.95. The first kappa shape index (κ1) is 17.8. The predicted molar refractivity (Wildman–Crippen MR) is 106 cm³/mol. The molecule has 2 fully saturated rings. The summed E-state index contributed by atoms with van der Waals surface area (Å²) in [5.41, 5.74) is 3.21. The van der Waals surface area contributed by atoms with Gasteiger partial charge in [0.2, 0.25) is 0 Å². The van der Waals surface area contributed by atoms with Crippen LogP contribution in [0.4, 0.5) is 0 Å². The van der Waals surface area contributed by atoms with Crippen molar-refractivity contribution in [2.24, 2.45) is 0 Å². The van der Waals surface area contributed by atoms with Crippen molar-refractivity contribution in [3.63, 3.8) is 0 Å². The van der Waals surface area contributed by atoms with Gasteiger partial charge in [-0.15, -0.1) is 0 Å². The van der Waals surface area contributed by atoms with Crippen LogP contribution in [0.3, 0.4) is 0 Å². The Morgan fingerprint density at radius 1 is 1.11 bits per heavy atom. The maximum atomic E-state index is 11.2. The number of hydrogen-bond donors (Lipinski definition) is 2. The standard InChI is InChI=1S/C22H25N3O3/c26-21-19(23-12-6-9-15-7-2-1-3-8-15)18-13-27-22(28-18)20(21)25-14-24-16-10-4-5-11-17(16)25/h1-5,7-8,10-11,14,18-23,26H,6,9,12-13H2/t18-,19-,20-,21+,22-/m1/s1. The van der Waals surface area contributed by atoms with Crippen LogP contribution in [-0.4, -0.2) is 52.3 Å². The first-order valence-corrected chi connectivity index (χ1v) is 9.95. The molecule has 2 aliphatic rings. The van der Waals surface area contributed by atoms with E-state index in [1.165, 1.54) is 5.56 Å². The average molecular weight is 379 g/mol. The van der Waals surface area contributed by atoms with E-state index < -0.39 is 12.4 Å². The number of para-hydroxylation sites is 2. The summed E-state index contributed by atoms with van der Waals surface area (Å²) in [4.78, 5) is 4.47. The molecule has 1 aromatic heterocycles. The topological polar surface area (TPSA) is 68.5 Å². The first-order chi connectivity index (χ1) is 13.8. The second-order valence-electron chi connectivity index (χ2n) is 7.57. The highest BCUT2D eigenvalue weighted by Gasteiger charge is 2.50. The van der Waals surface area contributed by atoms with E-state index in [-0.39, 0.29) is 18.2 Å². The largest absolute Gasteiger partial charge is 0.389 e. The molecule has 0 unspecified atom stereocenters. The Morgan fingerprint density at radius 2 is 1.93 bits per heavy atom. The lowest BCUT2D eigenvalue weighted by Crippen LogP contribution is -2.57. The van der Waals surface area contributed by atoms with Crippen molar-refractivity contribution in [1.29, 1.82) is 0 Å². The summed E-state index contributed by atoms with van der Waals surface area (Å²) in [5, 5.41) is 14.7. The maximum absolute atomic E-state index is 11.2. The lowest BCUT2D eigenvalue weighted by atomic mass is 9.95. The molecule has 28 heavy (non-hydrogen) atoms.